The van der Waals surface area contributed by atoms with E-state index in [0.29, 0.717) is 0 Å². The van der Waals surface area contributed by atoms with Crippen LogP contribution in [0.25, 0.3) is 0 Å². The zero-order chi connectivity index (χ0) is 18.6. The van der Waals surface area contributed by atoms with Crippen molar-refractivity contribution in [3.63, 3.8) is 0 Å². The molecule has 1 aromatic heterocycles. The van der Waals surface area contributed by atoms with Gasteiger partial charge in [-0.15, -0.1) is 11.3 Å². The highest BCUT2D eigenvalue weighted by atomic mass is 32.1. The molecule has 4 rings (SSSR count). The zero-order valence-electron chi connectivity index (χ0n) is 16.1. The fourth-order valence-electron chi connectivity index (χ4n) is 3.97. The van der Waals surface area contributed by atoms with Crippen LogP contribution < -0.4 is 4.90 Å². The number of thiazole rings is 1. The van der Waals surface area contributed by atoms with E-state index >= 15 is 0 Å². The summed E-state index contributed by atoms with van der Waals surface area (Å²) in [5.41, 5.74) is 2.13. The average Bonchev–Trinajstić information content (AvgIpc) is 3.36. The fourth-order valence-corrected chi connectivity index (χ4v) is 4.99. The Morgan fingerprint density at radius 1 is 1.04 bits per heavy atom. The second kappa shape index (κ2) is 8.40. The second-order valence-corrected chi connectivity index (χ2v) is 8.52. The molecule has 0 saturated carbocycles. The molecule has 2 aliphatic heterocycles. The van der Waals surface area contributed by atoms with Gasteiger partial charge in [-0.1, -0.05) is 18.2 Å². The van der Waals surface area contributed by atoms with Crippen molar-refractivity contribution in [1.82, 2.24) is 14.8 Å². The number of aromatic nitrogens is 1. The van der Waals surface area contributed by atoms with Crippen LogP contribution in [-0.2, 0) is 6.42 Å². The van der Waals surface area contributed by atoms with Gasteiger partial charge in [0.1, 0.15) is 4.88 Å². The molecule has 2 fully saturated rings. The quantitative estimate of drug-likeness (QED) is 0.794. The molecule has 2 aromatic rings. The van der Waals surface area contributed by atoms with Crippen molar-refractivity contribution in [2.45, 2.75) is 26.2 Å². The zero-order valence-corrected chi connectivity index (χ0v) is 16.9. The first-order valence-corrected chi connectivity index (χ1v) is 10.8. The smallest absolute Gasteiger partial charge is 0.265 e. The van der Waals surface area contributed by atoms with Crippen molar-refractivity contribution < 1.29 is 4.79 Å². The number of hydrogen-bond acceptors (Lipinski definition) is 5. The Labute approximate surface area is 165 Å². The highest BCUT2D eigenvalue weighted by molar-refractivity contribution is 7.13. The second-order valence-electron chi connectivity index (χ2n) is 7.44. The summed E-state index contributed by atoms with van der Waals surface area (Å²) in [5, 5.41) is 1.10. The first kappa shape index (κ1) is 18.4. The Hall–Kier alpha value is -1.92. The number of carbonyl (C=O) groups excluding carboxylic acids is 1. The minimum Gasteiger partial charge on any atom is -0.368 e. The van der Waals surface area contributed by atoms with Gasteiger partial charge in [-0.25, -0.2) is 4.98 Å². The van der Waals surface area contributed by atoms with Crippen LogP contribution in [0.15, 0.2) is 30.3 Å². The molecule has 0 atom stereocenters. The minimum absolute atomic E-state index is 0.158. The number of amides is 1. The highest BCUT2D eigenvalue weighted by Gasteiger charge is 2.25. The van der Waals surface area contributed by atoms with Crippen LogP contribution in [0, 0.1) is 6.92 Å². The molecule has 0 radical (unpaired) electrons. The third kappa shape index (κ3) is 4.33. The molecule has 0 aliphatic carbocycles. The summed E-state index contributed by atoms with van der Waals surface area (Å²) in [7, 11) is 0. The molecule has 0 bridgehead atoms. The third-order valence-corrected chi connectivity index (χ3v) is 6.77. The lowest BCUT2D eigenvalue weighted by Gasteiger charge is -2.36. The first-order valence-electron chi connectivity index (χ1n) is 9.98. The molecule has 144 valence electrons. The van der Waals surface area contributed by atoms with Gasteiger partial charge >= 0.3 is 0 Å². The van der Waals surface area contributed by atoms with Crippen LogP contribution in [-0.4, -0.2) is 66.5 Å². The van der Waals surface area contributed by atoms with Gasteiger partial charge in [-0.3, -0.25) is 4.79 Å². The van der Waals surface area contributed by atoms with Crippen molar-refractivity contribution in [1.29, 1.82) is 0 Å². The maximum atomic E-state index is 13.0. The minimum atomic E-state index is 0.158. The Kier molecular flexibility index (Phi) is 5.74. The van der Waals surface area contributed by atoms with Crippen molar-refractivity contribution >= 4 is 22.9 Å². The first-order chi connectivity index (χ1) is 13.2. The van der Waals surface area contributed by atoms with Crippen LogP contribution in [0.4, 0.5) is 5.69 Å². The number of benzene rings is 1. The standard InChI is InChI=1S/C21H28N4OS/c1-17-20(27-19(22-17)9-12-23-10-5-6-11-23)21(26)25-15-13-24(14-16-25)18-7-3-2-4-8-18/h2-4,7-8H,5-6,9-16H2,1H3. The van der Waals surface area contributed by atoms with E-state index in [1.807, 2.05) is 17.9 Å². The number of para-hydroxylation sites is 1. The maximum Gasteiger partial charge on any atom is 0.265 e. The normalized spacial score (nSPS) is 18.3. The Morgan fingerprint density at radius 2 is 1.74 bits per heavy atom. The van der Waals surface area contributed by atoms with Crippen molar-refractivity contribution in [2.24, 2.45) is 0 Å². The topological polar surface area (TPSA) is 39.7 Å². The summed E-state index contributed by atoms with van der Waals surface area (Å²) in [6, 6.07) is 10.4. The van der Waals surface area contributed by atoms with Crippen LogP contribution in [0.1, 0.15) is 33.2 Å². The molecule has 0 N–H and O–H groups in total. The number of nitrogens with zero attached hydrogens (tertiary/aromatic N) is 4. The van der Waals surface area contributed by atoms with E-state index in [9.17, 15) is 4.79 Å². The lowest BCUT2D eigenvalue weighted by Crippen LogP contribution is -2.48. The predicted octanol–water partition coefficient (Wildman–Crippen LogP) is 3.05. The molecule has 1 amide bonds. The van der Waals surface area contributed by atoms with Gasteiger partial charge in [0.25, 0.3) is 5.91 Å². The molecule has 27 heavy (non-hydrogen) atoms. The van der Waals surface area contributed by atoms with E-state index in [0.717, 1.165) is 54.7 Å². The van der Waals surface area contributed by atoms with Gasteiger partial charge in [0.15, 0.2) is 0 Å². The van der Waals surface area contributed by atoms with E-state index < -0.39 is 0 Å². The number of hydrogen-bond donors (Lipinski definition) is 0. The van der Waals surface area contributed by atoms with Crippen molar-refractivity contribution in [3.8, 4) is 0 Å². The molecule has 0 spiro atoms. The summed E-state index contributed by atoms with van der Waals surface area (Å²) in [6.07, 6.45) is 3.59. The SMILES string of the molecule is Cc1nc(CCN2CCCC2)sc1C(=O)N1CCN(c2ccccc2)CC1. The van der Waals surface area contributed by atoms with Crippen molar-refractivity contribution in [2.75, 3.05) is 50.7 Å². The predicted molar refractivity (Wildman–Crippen MR) is 111 cm³/mol. The number of aryl methyl sites for hydroxylation is 1. The average molecular weight is 385 g/mol. The molecule has 0 unspecified atom stereocenters. The van der Waals surface area contributed by atoms with E-state index in [1.54, 1.807) is 11.3 Å². The Bertz CT molecular complexity index is 762. The Balaban J connectivity index is 1.34. The number of rotatable bonds is 5. The van der Waals surface area contributed by atoms with E-state index in [2.05, 4.69) is 39.0 Å². The summed E-state index contributed by atoms with van der Waals surface area (Å²) in [5.74, 6) is 0.158. The molecule has 3 heterocycles. The van der Waals surface area contributed by atoms with Gasteiger partial charge in [0, 0.05) is 44.8 Å². The van der Waals surface area contributed by atoms with Crippen molar-refractivity contribution in [3.05, 3.63) is 45.9 Å². The van der Waals surface area contributed by atoms with Gasteiger partial charge in [0.05, 0.1) is 10.7 Å². The third-order valence-electron chi connectivity index (χ3n) is 5.56. The summed E-state index contributed by atoms with van der Waals surface area (Å²) < 4.78 is 0. The molecule has 5 nitrogen and oxygen atoms in total. The summed E-state index contributed by atoms with van der Waals surface area (Å²) in [6.45, 7) is 8.77. The van der Waals surface area contributed by atoms with Crippen LogP contribution in [0.3, 0.4) is 0 Å². The van der Waals surface area contributed by atoms with Gasteiger partial charge in [0.2, 0.25) is 0 Å². The maximum absolute atomic E-state index is 13.0. The monoisotopic (exact) mass is 384 g/mol. The lowest BCUT2D eigenvalue weighted by molar-refractivity contribution is 0.0750. The molecular formula is C21H28N4OS. The van der Waals surface area contributed by atoms with Crippen LogP contribution in [0.5, 0.6) is 0 Å². The van der Waals surface area contributed by atoms with Gasteiger partial charge < -0.3 is 14.7 Å². The highest BCUT2D eigenvalue weighted by Crippen LogP contribution is 2.23. The van der Waals surface area contributed by atoms with E-state index in [4.69, 9.17) is 0 Å². The lowest BCUT2D eigenvalue weighted by atomic mass is 10.2. The summed E-state index contributed by atoms with van der Waals surface area (Å²) in [4.78, 5) is 25.4. The van der Waals surface area contributed by atoms with Gasteiger partial charge in [-0.2, -0.15) is 0 Å². The molecular weight excluding hydrogens is 356 g/mol. The molecule has 2 saturated heterocycles. The van der Waals surface area contributed by atoms with E-state index in [1.165, 1.54) is 31.6 Å². The van der Waals surface area contributed by atoms with Crippen LogP contribution in [0.2, 0.25) is 0 Å². The largest absolute Gasteiger partial charge is 0.368 e. The number of carbonyl (C=O) groups is 1. The number of piperazine rings is 1. The number of likely N-dealkylation sites (tertiary alicyclic amines) is 1. The number of anilines is 1. The summed E-state index contributed by atoms with van der Waals surface area (Å²) >= 11 is 1.60. The molecule has 1 aromatic carbocycles. The fraction of sp³-hybridized carbons (Fsp3) is 0.524. The van der Waals surface area contributed by atoms with E-state index in [-0.39, 0.29) is 5.91 Å². The van der Waals surface area contributed by atoms with Crippen LogP contribution >= 0.6 is 11.3 Å². The molecule has 6 heteroatoms. The van der Waals surface area contributed by atoms with Gasteiger partial charge in [-0.05, 0) is 45.0 Å². The Morgan fingerprint density at radius 3 is 2.44 bits per heavy atom. The molecule has 2 aliphatic rings.